The third kappa shape index (κ3) is 6.68. The Morgan fingerprint density at radius 2 is 1.57 bits per heavy atom. The molecule has 8 heteroatoms. The number of rotatable bonds is 9. The summed E-state index contributed by atoms with van der Waals surface area (Å²) in [5, 5.41) is 2.78. The minimum Gasteiger partial charge on any atom is -0.489 e. The first-order valence-electron chi connectivity index (χ1n) is 11.8. The average Bonchev–Trinajstić information content (AvgIpc) is 2.88. The Balaban J connectivity index is 1.42. The fraction of sp³-hybridized carbons (Fsp3) is 0.296. The Morgan fingerprint density at radius 3 is 2.23 bits per heavy atom. The molecule has 3 aromatic rings. The summed E-state index contributed by atoms with van der Waals surface area (Å²) in [6.45, 7) is 0.126. The number of benzene rings is 3. The lowest BCUT2D eigenvalue weighted by atomic mass is 9.95. The van der Waals surface area contributed by atoms with Crippen LogP contribution in [0.4, 0.5) is 10.1 Å². The van der Waals surface area contributed by atoms with E-state index in [-0.39, 0.29) is 17.5 Å². The molecule has 0 saturated heterocycles. The molecule has 6 nitrogen and oxygen atoms in total. The number of sulfonamides is 1. The molecule has 35 heavy (non-hydrogen) atoms. The molecule has 1 aliphatic carbocycles. The number of carbonyl (C=O) groups excluding carboxylic acids is 1. The van der Waals surface area contributed by atoms with Gasteiger partial charge in [0.15, 0.2) is 0 Å². The Kier molecular flexibility index (Phi) is 8.15. The van der Waals surface area contributed by atoms with Crippen molar-refractivity contribution in [2.24, 2.45) is 0 Å². The highest BCUT2D eigenvalue weighted by Gasteiger charge is 2.34. The van der Waals surface area contributed by atoms with Gasteiger partial charge in [-0.1, -0.05) is 49.6 Å². The van der Waals surface area contributed by atoms with Crippen LogP contribution in [0, 0.1) is 5.82 Å². The summed E-state index contributed by atoms with van der Waals surface area (Å²) < 4.78 is 47.1. The van der Waals surface area contributed by atoms with Crippen molar-refractivity contribution in [2.45, 2.75) is 49.6 Å². The molecular weight excluding hydrogens is 467 g/mol. The number of nitrogens with zero attached hydrogens (tertiary/aromatic N) is 1. The Hall–Kier alpha value is -3.23. The van der Waals surface area contributed by atoms with Gasteiger partial charge in [0.05, 0.1) is 11.4 Å². The highest BCUT2D eigenvalue weighted by atomic mass is 32.2. The SMILES string of the molecule is O=C(CN(C1CCCCC1)S(=O)(=O)c1ccc(F)cc1)Nc1ccc(OCc2ccccc2)cc1. The van der Waals surface area contributed by atoms with E-state index in [0.29, 0.717) is 30.9 Å². The topological polar surface area (TPSA) is 75.7 Å². The molecule has 0 radical (unpaired) electrons. The summed E-state index contributed by atoms with van der Waals surface area (Å²) in [4.78, 5) is 12.9. The zero-order valence-electron chi connectivity index (χ0n) is 19.4. The molecule has 4 rings (SSSR count). The number of carbonyl (C=O) groups is 1. The number of halogens is 1. The van der Waals surface area contributed by atoms with Crippen LogP contribution >= 0.6 is 0 Å². The lowest BCUT2D eigenvalue weighted by Crippen LogP contribution is -2.45. The van der Waals surface area contributed by atoms with E-state index < -0.39 is 21.7 Å². The van der Waals surface area contributed by atoms with Gasteiger partial charge in [-0.3, -0.25) is 4.79 Å². The number of hydrogen-bond donors (Lipinski definition) is 1. The van der Waals surface area contributed by atoms with Gasteiger partial charge in [-0.05, 0) is 66.9 Å². The third-order valence-electron chi connectivity index (χ3n) is 6.09. The van der Waals surface area contributed by atoms with Crippen LogP contribution in [0.25, 0.3) is 0 Å². The molecule has 3 aromatic carbocycles. The van der Waals surface area contributed by atoms with Crippen LogP contribution in [0.3, 0.4) is 0 Å². The summed E-state index contributed by atoms with van der Waals surface area (Å²) >= 11 is 0. The van der Waals surface area contributed by atoms with Gasteiger partial charge in [0.2, 0.25) is 15.9 Å². The molecule has 1 aliphatic rings. The minimum absolute atomic E-state index is 0.0165. The summed E-state index contributed by atoms with van der Waals surface area (Å²) in [6.07, 6.45) is 4.26. The minimum atomic E-state index is -3.96. The molecule has 1 saturated carbocycles. The van der Waals surface area contributed by atoms with Crippen molar-refractivity contribution < 1.29 is 22.3 Å². The van der Waals surface area contributed by atoms with Crippen LogP contribution in [0.1, 0.15) is 37.7 Å². The van der Waals surface area contributed by atoms with E-state index in [1.165, 1.54) is 16.4 Å². The first kappa shape index (κ1) is 24.9. The van der Waals surface area contributed by atoms with Gasteiger partial charge < -0.3 is 10.1 Å². The Morgan fingerprint density at radius 1 is 0.914 bits per heavy atom. The van der Waals surface area contributed by atoms with Gasteiger partial charge in [-0.25, -0.2) is 12.8 Å². The van der Waals surface area contributed by atoms with Gasteiger partial charge in [0, 0.05) is 11.7 Å². The first-order chi connectivity index (χ1) is 16.9. The van der Waals surface area contributed by atoms with Gasteiger partial charge >= 0.3 is 0 Å². The largest absolute Gasteiger partial charge is 0.489 e. The maximum Gasteiger partial charge on any atom is 0.243 e. The maximum atomic E-state index is 13.4. The van der Waals surface area contributed by atoms with Crippen molar-refractivity contribution in [1.29, 1.82) is 0 Å². The second-order valence-electron chi connectivity index (χ2n) is 8.64. The molecule has 1 amide bonds. The molecule has 1 fully saturated rings. The van der Waals surface area contributed by atoms with E-state index in [1.807, 2.05) is 30.3 Å². The van der Waals surface area contributed by atoms with Crippen molar-refractivity contribution in [2.75, 3.05) is 11.9 Å². The highest BCUT2D eigenvalue weighted by Crippen LogP contribution is 2.28. The maximum absolute atomic E-state index is 13.4. The summed E-state index contributed by atoms with van der Waals surface area (Å²) in [5.74, 6) is -0.282. The van der Waals surface area contributed by atoms with E-state index in [2.05, 4.69) is 5.32 Å². The van der Waals surface area contributed by atoms with E-state index in [4.69, 9.17) is 4.74 Å². The van der Waals surface area contributed by atoms with E-state index >= 15 is 0 Å². The zero-order valence-corrected chi connectivity index (χ0v) is 20.2. The number of amides is 1. The molecule has 1 N–H and O–H groups in total. The monoisotopic (exact) mass is 496 g/mol. The standard InChI is InChI=1S/C27H29FN2O4S/c28-22-11-17-26(18-12-22)35(32,33)30(24-9-5-2-6-10-24)19-27(31)29-23-13-15-25(16-14-23)34-20-21-7-3-1-4-8-21/h1,3-4,7-8,11-18,24H,2,5-6,9-10,19-20H2,(H,29,31). The van der Waals surface area contributed by atoms with Crippen molar-refractivity contribution >= 4 is 21.6 Å². The number of anilines is 1. The Bertz CT molecular complexity index is 1210. The summed E-state index contributed by atoms with van der Waals surface area (Å²) in [7, 11) is -3.96. The van der Waals surface area contributed by atoms with Crippen LogP contribution in [-0.4, -0.2) is 31.2 Å². The average molecular weight is 497 g/mol. The van der Waals surface area contributed by atoms with Crippen LogP contribution in [-0.2, 0) is 21.4 Å². The van der Waals surface area contributed by atoms with Crippen LogP contribution in [0.15, 0.2) is 83.8 Å². The van der Waals surface area contributed by atoms with Crippen molar-refractivity contribution in [1.82, 2.24) is 4.31 Å². The second kappa shape index (κ2) is 11.5. The van der Waals surface area contributed by atoms with E-state index in [0.717, 1.165) is 37.0 Å². The Labute approximate surface area is 205 Å². The summed E-state index contributed by atoms with van der Waals surface area (Å²) in [5.41, 5.74) is 1.60. The second-order valence-corrected chi connectivity index (χ2v) is 10.5. The van der Waals surface area contributed by atoms with E-state index in [9.17, 15) is 17.6 Å². The van der Waals surface area contributed by atoms with Crippen molar-refractivity contribution in [3.63, 3.8) is 0 Å². The van der Waals surface area contributed by atoms with Gasteiger partial charge in [0.1, 0.15) is 18.2 Å². The lowest BCUT2D eigenvalue weighted by Gasteiger charge is -2.33. The number of ether oxygens (including phenoxy) is 1. The number of hydrogen-bond acceptors (Lipinski definition) is 4. The van der Waals surface area contributed by atoms with Crippen molar-refractivity contribution in [3.8, 4) is 5.75 Å². The first-order valence-corrected chi connectivity index (χ1v) is 13.2. The molecule has 0 bridgehead atoms. The fourth-order valence-corrected chi connectivity index (χ4v) is 5.88. The molecule has 184 valence electrons. The molecule has 0 heterocycles. The predicted molar refractivity (Wildman–Crippen MR) is 133 cm³/mol. The molecule has 0 aliphatic heterocycles. The molecule has 0 aromatic heterocycles. The molecular formula is C27H29FN2O4S. The van der Waals surface area contributed by atoms with E-state index in [1.54, 1.807) is 24.3 Å². The molecule has 0 atom stereocenters. The highest BCUT2D eigenvalue weighted by molar-refractivity contribution is 7.89. The van der Waals surface area contributed by atoms with Gasteiger partial charge in [-0.2, -0.15) is 4.31 Å². The normalized spacial score (nSPS) is 14.6. The lowest BCUT2D eigenvalue weighted by molar-refractivity contribution is -0.116. The van der Waals surface area contributed by atoms with Crippen LogP contribution < -0.4 is 10.1 Å². The van der Waals surface area contributed by atoms with Crippen LogP contribution in [0.2, 0.25) is 0 Å². The zero-order chi connectivity index (χ0) is 24.7. The smallest absolute Gasteiger partial charge is 0.243 e. The summed E-state index contributed by atoms with van der Waals surface area (Å²) in [6, 6.07) is 21.2. The fourth-order valence-electron chi connectivity index (χ4n) is 4.24. The molecule has 0 spiro atoms. The quantitative estimate of drug-likeness (QED) is 0.432. The number of nitrogens with one attached hydrogen (secondary N) is 1. The predicted octanol–water partition coefficient (Wildman–Crippen LogP) is 5.37. The van der Waals surface area contributed by atoms with Crippen molar-refractivity contribution in [3.05, 3.63) is 90.2 Å². The van der Waals surface area contributed by atoms with Gasteiger partial charge in [0.25, 0.3) is 0 Å². The van der Waals surface area contributed by atoms with Crippen LogP contribution in [0.5, 0.6) is 5.75 Å². The van der Waals surface area contributed by atoms with Gasteiger partial charge in [-0.15, -0.1) is 0 Å². The molecule has 0 unspecified atom stereocenters. The third-order valence-corrected chi connectivity index (χ3v) is 8.00.